The van der Waals surface area contributed by atoms with Gasteiger partial charge in [0.2, 0.25) is 0 Å². The molecule has 3 rings (SSSR count). The molecule has 0 bridgehead atoms. The molecule has 0 radical (unpaired) electrons. The number of hydrogen-bond acceptors (Lipinski definition) is 2. The third-order valence-electron chi connectivity index (χ3n) is 5.28. The molecule has 0 aromatic heterocycles. The highest BCUT2D eigenvalue weighted by Gasteiger charge is 2.31. The van der Waals surface area contributed by atoms with E-state index >= 15 is 0 Å². The summed E-state index contributed by atoms with van der Waals surface area (Å²) in [6.07, 6.45) is 5.40. The Balaban J connectivity index is 1.58. The Labute approximate surface area is 129 Å². The van der Waals surface area contributed by atoms with Gasteiger partial charge in [-0.05, 0) is 43.1 Å². The summed E-state index contributed by atoms with van der Waals surface area (Å²) in [7, 11) is 0. The zero-order valence-corrected chi connectivity index (χ0v) is 13.6. The van der Waals surface area contributed by atoms with Crippen molar-refractivity contribution in [3.05, 3.63) is 35.9 Å². The van der Waals surface area contributed by atoms with Gasteiger partial charge >= 0.3 is 0 Å². The van der Waals surface area contributed by atoms with E-state index in [-0.39, 0.29) is 0 Å². The Hall–Kier alpha value is -0.860. The van der Waals surface area contributed by atoms with Gasteiger partial charge < -0.3 is 5.32 Å². The summed E-state index contributed by atoms with van der Waals surface area (Å²) in [5.41, 5.74) is 1.46. The predicted molar refractivity (Wildman–Crippen MR) is 89.5 cm³/mol. The molecule has 1 aliphatic heterocycles. The van der Waals surface area contributed by atoms with Gasteiger partial charge in [-0.2, -0.15) is 0 Å². The SMILES string of the molecule is CC1CC(C)CC(N2CCNC(Cc3ccccc3)C2)C1. The van der Waals surface area contributed by atoms with Crippen LogP contribution < -0.4 is 5.32 Å². The van der Waals surface area contributed by atoms with E-state index in [9.17, 15) is 0 Å². The monoisotopic (exact) mass is 286 g/mol. The molecule has 0 amide bonds. The van der Waals surface area contributed by atoms with Gasteiger partial charge in [-0.25, -0.2) is 0 Å². The van der Waals surface area contributed by atoms with E-state index in [1.54, 1.807) is 0 Å². The molecule has 116 valence electrons. The van der Waals surface area contributed by atoms with Crippen molar-refractivity contribution in [3.8, 4) is 0 Å². The first-order valence-electron chi connectivity index (χ1n) is 8.72. The van der Waals surface area contributed by atoms with Gasteiger partial charge in [-0.15, -0.1) is 0 Å². The minimum absolute atomic E-state index is 0.619. The fourth-order valence-electron chi connectivity index (χ4n) is 4.42. The highest BCUT2D eigenvalue weighted by atomic mass is 15.2. The van der Waals surface area contributed by atoms with Crippen LogP contribution in [0, 0.1) is 11.8 Å². The van der Waals surface area contributed by atoms with Gasteiger partial charge in [0.05, 0.1) is 0 Å². The smallest absolute Gasteiger partial charge is 0.0236 e. The van der Waals surface area contributed by atoms with Crippen LogP contribution in [0.25, 0.3) is 0 Å². The van der Waals surface area contributed by atoms with Gasteiger partial charge in [0.1, 0.15) is 0 Å². The summed E-state index contributed by atoms with van der Waals surface area (Å²) in [5.74, 6) is 1.81. The average Bonchev–Trinajstić information content (AvgIpc) is 2.47. The third kappa shape index (κ3) is 4.08. The van der Waals surface area contributed by atoms with Crippen molar-refractivity contribution in [1.29, 1.82) is 0 Å². The normalized spacial score (nSPS) is 34.8. The third-order valence-corrected chi connectivity index (χ3v) is 5.28. The molecule has 2 heteroatoms. The Morgan fingerprint density at radius 3 is 2.48 bits per heavy atom. The quantitative estimate of drug-likeness (QED) is 0.917. The highest BCUT2D eigenvalue weighted by molar-refractivity contribution is 5.16. The molecule has 1 aromatic carbocycles. The zero-order valence-electron chi connectivity index (χ0n) is 13.6. The maximum Gasteiger partial charge on any atom is 0.0236 e. The summed E-state index contributed by atoms with van der Waals surface area (Å²) in [5, 5.41) is 3.72. The van der Waals surface area contributed by atoms with Gasteiger partial charge in [0.15, 0.2) is 0 Å². The van der Waals surface area contributed by atoms with Crippen molar-refractivity contribution in [2.45, 2.75) is 51.6 Å². The average molecular weight is 286 g/mol. The molecule has 1 saturated carbocycles. The second kappa shape index (κ2) is 6.93. The Kier molecular flexibility index (Phi) is 4.97. The lowest BCUT2D eigenvalue weighted by Gasteiger charge is -2.43. The molecular weight excluding hydrogens is 256 g/mol. The number of rotatable bonds is 3. The molecule has 3 atom stereocenters. The molecule has 0 spiro atoms. The maximum absolute atomic E-state index is 3.72. The zero-order chi connectivity index (χ0) is 14.7. The second-order valence-corrected chi connectivity index (χ2v) is 7.41. The number of benzene rings is 1. The van der Waals surface area contributed by atoms with Crippen LogP contribution in [0.15, 0.2) is 30.3 Å². The van der Waals surface area contributed by atoms with Crippen LogP contribution in [0.1, 0.15) is 38.7 Å². The summed E-state index contributed by atoms with van der Waals surface area (Å²) in [4.78, 5) is 2.77. The first-order chi connectivity index (χ1) is 10.2. The van der Waals surface area contributed by atoms with E-state index in [0.29, 0.717) is 6.04 Å². The topological polar surface area (TPSA) is 15.3 Å². The molecule has 2 fully saturated rings. The van der Waals surface area contributed by atoms with Crippen molar-refractivity contribution in [2.75, 3.05) is 19.6 Å². The van der Waals surface area contributed by atoms with Gasteiger partial charge in [-0.1, -0.05) is 44.2 Å². The van der Waals surface area contributed by atoms with E-state index in [2.05, 4.69) is 54.4 Å². The van der Waals surface area contributed by atoms with E-state index in [0.717, 1.165) is 30.8 Å². The molecular formula is C19H30N2. The fraction of sp³-hybridized carbons (Fsp3) is 0.684. The first kappa shape index (κ1) is 15.1. The standard InChI is InChI=1S/C19H30N2/c1-15-10-16(2)12-19(11-15)21-9-8-20-18(14-21)13-17-6-4-3-5-7-17/h3-7,15-16,18-20H,8-14H2,1-2H3. The summed E-state index contributed by atoms with van der Waals surface area (Å²) >= 11 is 0. The van der Waals surface area contributed by atoms with Crippen LogP contribution in [0.5, 0.6) is 0 Å². The Morgan fingerprint density at radius 2 is 1.76 bits per heavy atom. The van der Waals surface area contributed by atoms with Crippen molar-refractivity contribution in [1.82, 2.24) is 10.2 Å². The van der Waals surface area contributed by atoms with Gasteiger partial charge in [-0.3, -0.25) is 4.90 Å². The molecule has 3 unspecified atom stereocenters. The Morgan fingerprint density at radius 1 is 1.05 bits per heavy atom. The predicted octanol–water partition coefficient (Wildman–Crippen LogP) is 3.33. The van der Waals surface area contributed by atoms with Crippen LogP contribution >= 0.6 is 0 Å². The van der Waals surface area contributed by atoms with Crippen LogP contribution in [-0.2, 0) is 6.42 Å². The number of piperazine rings is 1. The van der Waals surface area contributed by atoms with Crippen LogP contribution in [0.4, 0.5) is 0 Å². The highest BCUT2D eigenvalue weighted by Crippen LogP contribution is 2.32. The Bertz CT molecular complexity index is 420. The number of hydrogen-bond donors (Lipinski definition) is 1. The fourth-order valence-corrected chi connectivity index (χ4v) is 4.42. The lowest BCUT2D eigenvalue weighted by Crippen LogP contribution is -2.55. The van der Waals surface area contributed by atoms with Gasteiger partial charge in [0, 0.05) is 31.7 Å². The van der Waals surface area contributed by atoms with E-state index < -0.39 is 0 Å². The van der Waals surface area contributed by atoms with Gasteiger partial charge in [0.25, 0.3) is 0 Å². The maximum atomic E-state index is 3.72. The minimum atomic E-state index is 0.619. The molecule has 1 saturated heterocycles. The van der Waals surface area contributed by atoms with E-state index in [1.165, 1.54) is 37.9 Å². The summed E-state index contributed by atoms with van der Waals surface area (Å²) in [6.45, 7) is 8.48. The van der Waals surface area contributed by atoms with Crippen molar-refractivity contribution in [2.24, 2.45) is 11.8 Å². The number of nitrogens with zero attached hydrogens (tertiary/aromatic N) is 1. The van der Waals surface area contributed by atoms with Crippen LogP contribution in [0.3, 0.4) is 0 Å². The molecule has 1 aliphatic carbocycles. The van der Waals surface area contributed by atoms with Crippen molar-refractivity contribution >= 4 is 0 Å². The summed E-state index contributed by atoms with van der Waals surface area (Å²) in [6, 6.07) is 12.4. The van der Waals surface area contributed by atoms with Crippen LogP contribution in [-0.4, -0.2) is 36.6 Å². The molecule has 1 N–H and O–H groups in total. The van der Waals surface area contributed by atoms with Crippen molar-refractivity contribution in [3.63, 3.8) is 0 Å². The molecule has 2 nitrogen and oxygen atoms in total. The second-order valence-electron chi connectivity index (χ2n) is 7.41. The molecule has 21 heavy (non-hydrogen) atoms. The lowest BCUT2D eigenvalue weighted by molar-refractivity contribution is 0.0815. The molecule has 2 aliphatic rings. The van der Waals surface area contributed by atoms with E-state index in [1.807, 2.05) is 0 Å². The van der Waals surface area contributed by atoms with Crippen LogP contribution in [0.2, 0.25) is 0 Å². The largest absolute Gasteiger partial charge is 0.311 e. The lowest BCUT2D eigenvalue weighted by atomic mass is 9.79. The van der Waals surface area contributed by atoms with E-state index in [4.69, 9.17) is 0 Å². The number of nitrogens with one attached hydrogen (secondary N) is 1. The molecule has 1 heterocycles. The molecule has 1 aromatic rings. The summed E-state index contributed by atoms with van der Waals surface area (Å²) < 4.78 is 0. The first-order valence-corrected chi connectivity index (χ1v) is 8.72. The van der Waals surface area contributed by atoms with Crippen molar-refractivity contribution < 1.29 is 0 Å². The minimum Gasteiger partial charge on any atom is -0.311 e.